The third-order valence-corrected chi connectivity index (χ3v) is 6.93. The molecule has 36 heavy (non-hydrogen) atoms. The molecule has 2 aliphatic heterocycles. The Morgan fingerprint density at radius 2 is 1.67 bits per heavy atom. The van der Waals surface area contributed by atoms with Gasteiger partial charge in [-0.05, 0) is 22.6 Å². The smallest absolute Gasteiger partial charge is 0.356 e. The highest BCUT2D eigenvalue weighted by atomic mass is 32.2. The van der Waals surface area contributed by atoms with Crippen LogP contribution in [0.2, 0.25) is 0 Å². The molecule has 0 bridgehead atoms. The van der Waals surface area contributed by atoms with E-state index in [2.05, 4.69) is 5.73 Å². The first-order valence-electron chi connectivity index (χ1n) is 11.7. The number of ether oxygens (including phenoxy) is 2. The fourth-order valence-electron chi connectivity index (χ4n) is 3.92. The lowest BCUT2D eigenvalue weighted by molar-refractivity contribution is -0.149. The minimum absolute atomic E-state index is 0.0819. The van der Waals surface area contributed by atoms with Gasteiger partial charge in [0.15, 0.2) is 6.10 Å². The van der Waals surface area contributed by atoms with Gasteiger partial charge >= 0.3 is 11.9 Å². The van der Waals surface area contributed by atoms with Crippen molar-refractivity contribution in [1.82, 2.24) is 4.90 Å². The highest BCUT2D eigenvalue weighted by molar-refractivity contribution is 8.00. The van der Waals surface area contributed by atoms with Crippen LogP contribution in [-0.2, 0) is 23.9 Å². The van der Waals surface area contributed by atoms with Gasteiger partial charge < -0.3 is 9.47 Å². The van der Waals surface area contributed by atoms with Crippen molar-refractivity contribution < 1.29 is 23.9 Å². The zero-order chi connectivity index (χ0) is 25.9. The summed E-state index contributed by atoms with van der Waals surface area (Å²) in [6, 6.07) is 18.9. The molecule has 0 unspecified atom stereocenters. The summed E-state index contributed by atoms with van der Waals surface area (Å²) in [5, 5.41) is -0.341. The topological polar surface area (TPSA) is 72.9 Å². The fourth-order valence-corrected chi connectivity index (χ4v) is 5.18. The van der Waals surface area contributed by atoms with Crippen LogP contribution in [0.1, 0.15) is 44.9 Å². The lowest BCUT2D eigenvalue weighted by Crippen LogP contribution is -2.56. The van der Waals surface area contributed by atoms with Gasteiger partial charge in [-0.25, -0.2) is 4.79 Å². The summed E-state index contributed by atoms with van der Waals surface area (Å²) >= 11 is 1.50. The molecule has 4 rings (SSSR count). The molecule has 1 fully saturated rings. The van der Waals surface area contributed by atoms with Crippen LogP contribution in [0.3, 0.4) is 0 Å². The van der Waals surface area contributed by atoms with Crippen molar-refractivity contribution in [3.63, 3.8) is 0 Å². The molecular weight excluding hydrogens is 474 g/mol. The molecular formula is C29H29NO5S. The van der Waals surface area contributed by atoms with Gasteiger partial charge in [-0.2, -0.15) is 0 Å². The Bertz CT molecular complexity index is 1210. The molecule has 1 saturated heterocycles. The van der Waals surface area contributed by atoms with Crippen LogP contribution in [0.15, 0.2) is 89.3 Å². The SMILES string of the molecule is CC(=O)OCC1=C(C(=O)OC(c2ccccc2)c2ccccc2)N2C(=O)C(=C=CC(C)(C)C)[C@H]2SC1. The number of carbonyl (C=O) groups excluding carboxylic acids is 3. The van der Waals surface area contributed by atoms with E-state index in [1.165, 1.54) is 23.6 Å². The molecule has 2 heterocycles. The van der Waals surface area contributed by atoms with E-state index >= 15 is 0 Å². The number of amides is 1. The number of hydrogen-bond donors (Lipinski definition) is 0. The summed E-state index contributed by atoms with van der Waals surface area (Å²) in [6.45, 7) is 7.32. The van der Waals surface area contributed by atoms with Crippen molar-refractivity contribution in [2.45, 2.75) is 39.2 Å². The number of nitrogens with zero attached hydrogens (tertiary/aromatic N) is 1. The molecule has 7 heteroatoms. The molecule has 0 saturated carbocycles. The molecule has 1 amide bonds. The molecule has 2 aromatic rings. The molecule has 0 aromatic heterocycles. The summed E-state index contributed by atoms with van der Waals surface area (Å²) in [5.74, 6) is -0.963. The van der Waals surface area contributed by atoms with E-state index in [0.29, 0.717) is 16.9 Å². The number of thioether (sulfide) groups is 1. The highest BCUT2D eigenvalue weighted by Gasteiger charge is 2.50. The van der Waals surface area contributed by atoms with Gasteiger partial charge in [0, 0.05) is 18.2 Å². The third kappa shape index (κ3) is 5.64. The van der Waals surface area contributed by atoms with Gasteiger partial charge in [-0.3, -0.25) is 14.5 Å². The van der Waals surface area contributed by atoms with Gasteiger partial charge in [-0.1, -0.05) is 81.4 Å². The lowest BCUT2D eigenvalue weighted by atomic mass is 9.95. The number of carbonyl (C=O) groups is 3. The van der Waals surface area contributed by atoms with E-state index in [9.17, 15) is 14.4 Å². The van der Waals surface area contributed by atoms with Gasteiger partial charge in [0.05, 0.1) is 5.57 Å². The Hall–Kier alpha value is -3.54. The zero-order valence-corrected chi connectivity index (χ0v) is 21.6. The number of benzene rings is 2. The Kier molecular flexibility index (Phi) is 7.53. The van der Waals surface area contributed by atoms with Crippen LogP contribution in [0.5, 0.6) is 0 Å². The van der Waals surface area contributed by atoms with Crippen molar-refractivity contribution in [1.29, 1.82) is 0 Å². The first-order chi connectivity index (χ1) is 17.2. The third-order valence-electron chi connectivity index (χ3n) is 5.66. The maximum Gasteiger partial charge on any atom is 0.356 e. The highest BCUT2D eigenvalue weighted by Crippen LogP contribution is 2.44. The number of β-lactam (4-membered cyclic amide) rings is 1. The van der Waals surface area contributed by atoms with E-state index in [4.69, 9.17) is 9.47 Å². The zero-order valence-electron chi connectivity index (χ0n) is 20.8. The number of rotatable bonds is 6. The van der Waals surface area contributed by atoms with E-state index in [0.717, 1.165) is 11.1 Å². The Morgan fingerprint density at radius 3 is 2.19 bits per heavy atom. The summed E-state index contributed by atoms with van der Waals surface area (Å²) < 4.78 is 11.3. The summed E-state index contributed by atoms with van der Waals surface area (Å²) in [5.41, 5.74) is 5.84. The maximum atomic E-state index is 13.7. The van der Waals surface area contributed by atoms with Crippen LogP contribution in [-0.4, -0.2) is 40.5 Å². The van der Waals surface area contributed by atoms with Crippen LogP contribution in [0.4, 0.5) is 0 Å². The molecule has 0 N–H and O–H groups in total. The minimum Gasteiger partial charge on any atom is -0.461 e. The van der Waals surface area contributed by atoms with Gasteiger partial charge in [0.1, 0.15) is 17.7 Å². The number of esters is 2. The van der Waals surface area contributed by atoms with Crippen LogP contribution in [0.25, 0.3) is 0 Å². The standard InChI is InChI=1S/C29H29NO5S/c1-19(31)34-17-22-18-36-27-23(15-16-29(2,3)4)26(32)30(27)24(22)28(33)35-25(20-11-7-5-8-12-20)21-13-9-6-10-14-21/h5-14,16,25,27H,17-18H2,1-4H3/t15?,27-/m1/s1. The summed E-state index contributed by atoms with van der Waals surface area (Å²) in [4.78, 5) is 39.8. The van der Waals surface area contributed by atoms with Crippen molar-refractivity contribution in [2.24, 2.45) is 5.41 Å². The molecule has 6 nitrogen and oxygen atoms in total. The molecule has 0 aliphatic carbocycles. The van der Waals surface area contributed by atoms with Crippen LogP contribution in [0, 0.1) is 5.41 Å². The minimum atomic E-state index is -0.664. The van der Waals surface area contributed by atoms with E-state index in [1.807, 2.05) is 87.5 Å². The van der Waals surface area contributed by atoms with E-state index in [-0.39, 0.29) is 29.0 Å². The summed E-state index contributed by atoms with van der Waals surface area (Å²) in [7, 11) is 0. The van der Waals surface area contributed by atoms with Crippen molar-refractivity contribution in [3.05, 3.63) is 100 Å². The average molecular weight is 504 g/mol. The average Bonchev–Trinajstić information content (AvgIpc) is 2.85. The first-order valence-corrected chi connectivity index (χ1v) is 12.8. The first kappa shape index (κ1) is 25.5. The number of fused-ring (bicyclic) bond motifs is 1. The Labute approximate surface area is 215 Å². The largest absolute Gasteiger partial charge is 0.461 e. The molecule has 1 atom stereocenters. The second-order valence-electron chi connectivity index (χ2n) is 9.75. The molecule has 2 aromatic carbocycles. The van der Waals surface area contributed by atoms with Crippen LogP contribution >= 0.6 is 11.8 Å². The van der Waals surface area contributed by atoms with Gasteiger partial charge in [0.25, 0.3) is 5.91 Å². The maximum absolute atomic E-state index is 13.7. The quantitative estimate of drug-likeness (QED) is 0.234. The molecule has 2 aliphatic rings. The fraction of sp³-hybridized carbons (Fsp3) is 0.310. The predicted octanol–water partition coefficient (Wildman–Crippen LogP) is 5.18. The second-order valence-corrected chi connectivity index (χ2v) is 10.8. The number of hydrogen-bond acceptors (Lipinski definition) is 6. The Morgan fingerprint density at radius 1 is 1.08 bits per heavy atom. The second kappa shape index (κ2) is 10.6. The van der Waals surface area contributed by atoms with Crippen molar-refractivity contribution in [3.8, 4) is 0 Å². The lowest BCUT2D eigenvalue weighted by Gasteiger charge is -2.45. The van der Waals surface area contributed by atoms with E-state index in [1.54, 1.807) is 0 Å². The van der Waals surface area contributed by atoms with Crippen molar-refractivity contribution >= 4 is 29.6 Å². The van der Waals surface area contributed by atoms with Gasteiger partial charge in [0.2, 0.25) is 0 Å². The molecule has 0 radical (unpaired) electrons. The van der Waals surface area contributed by atoms with E-state index < -0.39 is 18.0 Å². The monoisotopic (exact) mass is 503 g/mol. The molecule has 0 spiro atoms. The summed E-state index contributed by atoms with van der Waals surface area (Å²) in [6.07, 6.45) is 1.21. The van der Waals surface area contributed by atoms with Crippen LogP contribution < -0.4 is 0 Å². The molecule has 186 valence electrons. The Balaban J connectivity index is 1.70. The predicted molar refractivity (Wildman–Crippen MR) is 139 cm³/mol. The van der Waals surface area contributed by atoms with Gasteiger partial charge in [-0.15, -0.1) is 17.5 Å². The van der Waals surface area contributed by atoms with Crippen molar-refractivity contribution in [2.75, 3.05) is 12.4 Å². The normalized spacial score (nSPS) is 17.2.